The standard InChI is InChI=1S/C14H14F3NO3/c15-14(16,17)21-13-6-2-1-5-12(13)20-9-7-18-10-11-4-3-8-19-11/h1-6,8,18H,7,9-10H2. The number of para-hydroxylation sites is 2. The van der Waals surface area contributed by atoms with Crippen LogP contribution in [0, 0.1) is 0 Å². The molecule has 0 spiro atoms. The molecule has 4 nitrogen and oxygen atoms in total. The number of alkyl halides is 3. The quantitative estimate of drug-likeness (QED) is 0.797. The van der Waals surface area contributed by atoms with Gasteiger partial charge in [0.15, 0.2) is 11.5 Å². The number of furan rings is 1. The maximum atomic E-state index is 12.2. The molecule has 2 rings (SSSR count). The lowest BCUT2D eigenvalue weighted by molar-refractivity contribution is -0.275. The second kappa shape index (κ2) is 7.03. The molecule has 1 heterocycles. The highest BCUT2D eigenvalue weighted by Gasteiger charge is 2.32. The Labute approximate surface area is 119 Å². The van der Waals surface area contributed by atoms with Crippen molar-refractivity contribution in [1.29, 1.82) is 0 Å². The molecular formula is C14H14F3NO3. The van der Waals surface area contributed by atoms with Gasteiger partial charge < -0.3 is 19.2 Å². The van der Waals surface area contributed by atoms with E-state index in [0.717, 1.165) is 5.76 Å². The second-order valence-corrected chi connectivity index (χ2v) is 4.10. The van der Waals surface area contributed by atoms with E-state index >= 15 is 0 Å². The molecule has 7 heteroatoms. The minimum absolute atomic E-state index is 0.0506. The summed E-state index contributed by atoms with van der Waals surface area (Å²) in [6.45, 7) is 1.19. The molecule has 0 fully saturated rings. The van der Waals surface area contributed by atoms with Crippen LogP contribution in [-0.4, -0.2) is 19.5 Å². The molecule has 21 heavy (non-hydrogen) atoms. The first-order valence-electron chi connectivity index (χ1n) is 6.25. The fourth-order valence-corrected chi connectivity index (χ4v) is 1.64. The lowest BCUT2D eigenvalue weighted by atomic mass is 10.3. The predicted octanol–water partition coefficient (Wildman–Crippen LogP) is 3.35. The third-order valence-corrected chi connectivity index (χ3v) is 2.49. The van der Waals surface area contributed by atoms with Crippen LogP contribution in [0.1, 0.15) is 5.76 Å². The lowest BCUT2D eigenvalue weighted by Gasteiger charge is -2.13. The van der Waals surface area contributed by atoms with Crippen molar-refractivity contribution in [3.05, 3.63) is 48.4 Å². The van der Waals surface area contributed by atoms with Gasteiger partial charge in [-0.25, -0.2) is 0 Å². The van der Waals surface area contributed by atoms with Gasteiger partial charge in [-0.3, -0.25) is 0 Å². The molecule has 0 aliphatic carbocycles. The monoisotopic (exact) mass is 301 g/mol. The molecule has 0 aliphatic heterocycles. The Kier molecular flexibility index (Phi) is 5.10. The van der Waals surface area contributed by atoms with E-state index in [1.54, 1.807) is 18.4 Å². The Balaban J connectivity index is 1.77. The second-order valence-electron chi connectivity index (χ2n) is 4.10. The van der Waals surface area contributed by atoms with Gasteiger partial charge in [-0.2, -0.15) is 0 Å². The fourth-order valence-electron chi connectivity index (χ4n) is 1.64. The fraction of sp³-hybridized carbons (Fsp3) is 0.286. The van der Waals surface area contributed by atoms with Crippen molar-refractivity contribution < 1.29 is 27.1 Å². The summed E-state index contributed by atoms with van der Waals surface area (Å²) < 4.78 is 51.0. The van der Waals surface area contributed by atoms with E-state index in [4.69, 9.17) is 9.15 Å². The number of ether oxygens (including phenoxy) is 2. The smallest absolute Gasteiger partial charge is 0.488 e. The highest BCUT2D eigenvalue weighted by molar-refractivity contribution is 5.39. The first kappa shape index (κ1) is 15.2. The molecule has 1 aromatic carbocycles. The molecule has 0 bridgehead atoms. The van der Waals surface area contributed by atoms with Gasteiger partial charge in [0.05, 0.1) is 12.8 Å². The van der Waals surface area contributed by atoms with E-state index in [1.165, 1.54) is 18.2 Å². The van der Waals surface area contributed by atoms with Crippen LogP contribution in [0.4, 0.5) is 13.2 Å². The Hall–Kier alpha value is -2.15. The van der Waals surface area contributed by atoms with Gasteiger partial charge in [0, 0.05) is 6.54 Å². The molecule has 0 saturated carbocycles. The molecule has 0 amide bonds. The average Bonchev–Trinajstić information content (AvgIpc) is 2.91. The molecule has 0 unspecified atom stereocenters. The number of halogens is 3. The molecule has 1 N–H and O–H groups in total. The number of hydrogen-bond acceptors (Lipinski definition) is 4. The minimum atomic E-state index is -4.74. The summed E-state index contributed by atoms with van der Waals surface area (Å²) in [4.78, 5) is 0. The Morgan fingerprint density at radius 1 is 1.05 bits per heavy atom. The normalized spacial score (nSPS) is 11.4. The summed E-state index contributed by atoms with van der Waals surface area (Å²) in [6.07, 6.45) is -3.17. The van der Waals surface area contributed by atoms with Gasteiger partial charge in [0.2, 0.25) is 0 Å². The van der Waals surface area contributed by atoms with Crippen LogP contribution >= 0.6 is 0 Å². The molecule has 1 aromatic heterocycles. The van der Waals surface area contributed by atoms with Crippen LogP contribution in [-0.2, 0) is 6.54 Å². The molecule has 0 saturated heterocycles. The predicted molar refractivity (Wildman–Crippen MR) is 69.0 cm³/mol. The van der Waals surface area contributed by atoms with Crippen molar-refractivity contribution in [2.24, 2.45) is 0 Å². The van der Waals surface area contributed by atoms with Gasteiger partial charge in [-0.15, -0.1) is 13.2 Å². The van der Waals surface area contributed by atoms with E-state index in [2.05, 4.69) is 10.1 Å². The largest absolute Gasteiger partial charge is 0.573 e. The van der Waals surface area contributed by atoms with Gasteiger partial charge in [0.1, 0.15) is 12.4 Å². The molecule has 0 atom stereocenters. The van der Waals surface area contributed by atoms with Gasteiger partial charge >= 0.3 is 6.36 Å². The third-order valence-electron chi connectivity index (χ3n) is 2.49. The summed E-state index contributed by atoms with van der Waals surface area (Å²) in [7, 11) is 0. The van der Waals surface area contributed by atoms with Crippen molar-refractivity contribution in [1.82, 2.24) is 5.32 Å². The molecule has 0 aliphatic rings. The van der Waals surface area contributed by atoms with Crippen LogP contribution in [0.15, 0.2) is 47.1 Å². The summed E-state index contributed by atoms with van der Waals surface area (Å²) in [6, 6.07) is 9.25. The van der Waals surface area contributed by atoms with Crippen molar-refractivity contribution in [2.45, 2.75) is 12.9 Å². The van der Waals surface area contributed by atoms with Crippen LogP contribution in [0.25, 0.3) is 0 Å². The molecule has 0 radical (unpaired) electrons. The van der Waals surface area contributed by atoms with Crippen molar-refractivity contribution in [2.75, 3.05) is 13.2 Å². The Bertz CT molecular complexity index is 541. The van der Waals surface area contributed by atoms with Crippen molar-refractivity contribution >= 4 is 0 Å². The summed E-state index contributed by atoms with van der Waals surface area (Å²) in [5, 5.41) is 3.04. The van der Waals surface area contributed by atoms with E-state index < -0.39 is 6.36 Å². The molecule has 2 aromatic rings. The number of hydrogen-bond donors (Lipinski definition) is 1. The Morgan fingerprint density at radius 2 is 1.81 bits per heavy atom. The van der Waals surface area contributed by atoms with Crippen LogP contribution in [0.3, 0.4) is 0 Å². The topological polar surface area (TPSA) is 43.6 Å². The van der Waals surface area contributed by atoms with E-state index in [0.29, 0.717) is 13.1 Å². The third kappa shape index (κ3) is 5.39. The van der Waals surface area contributed by atoms with E-state index in [-0.39, 0.29) is 18.1 Å². The first-order chi connectivity index (χ1) is 10.0. The zero-order valence-corrected chi connectivity index (χ0v) is 11.0. The summed E-state index contributed by atoms with van der Waals surface area (Å²) in [5.41, 5.74) is 0. The van der Waals surface area contributed by atoms with Gasteiger partial charge in [-0.05, 0) is 24.3 Å². The van der Waals surface area contributed by atoms with E-state index in [1.807, 2.05) is 6.07 Å². The summed E-state index contributed by atoms with van der Waals surface area (Å²) >= 11 is 0. The highest BCUT2D eigenvalue weighted by atomic mass is 19.4. The first-order valence-corrected chi connectivity index (χ1v) is 6.25. The molecular weight excluding hydrogens is 287 g/mol. The van der Waals surface area contributed by atoms with Crippen molar-refractivity contribution in [3.8, 4) is 11.5 Å². The average molecular weight is 301 g/mol. The van der Waals surface area contributed by atoms with Crippen LogP contribution < -0.4 is 14.8 Å². The number of rotatable bonds is 7. The van der Waals surface area contributed by atoms with Gasteiger partial charge in [0.25, 0.3) is 0 Å². The number of benzene rings is 1. The number of nitrogens with one attached hydrogen (secondary N) is 1. The van der Waals surface area contributed by atoms with E-state index in [9.17, 15) is 13.2 Å². The Morgan fingerprint density at radius 3 is 2.48 bits per heavy atom. The van der Waals surface area contributed by atoms with Crippen LogP contribution in [0.2, 0.25) is 0 Å². The maximum Gasteiger partial charge on any atom is 0.573 e. The zero-order chi connectivity index (χ0) is 15.1. The molecule has 114 valence electrons. The summed E-state index contributed by atoms with van der Waals surface area (Å²) in [5.74, 6) is 0.474. The zero-order valence-electron chi connectivity index (χ0n) is 11.0. The SMILES string of the molecule is FC(F)(F)Oc1ccccc1OCCNCc1ccco1. The van der Waals surface area contributed by atoms with Gasteiger partial charge in [-0.1, -0.05) is 12.1 Å². The van der Waals surface area contributed by atoms with Crippen LogP contribution in [0.5, 0.6) is 11.5 Å². The highest BCUT2D eigenvalue weighted by Crippen LogP contribution is 2.31. The minimum Gasteiger partial charge on any atom is -0.488 e. The maximum absolute atomic E-state index is 12.2. The lowest BCUT2D eigenvalue weighted by Crippen LogP contribution is -2.21. The van der Waals surface area contributed by atoms with Crippen molar-refractivity contribution in [3.63, 3.8) is 0 Å².